The van der Waals surface area contributed by atoms with Gasteiger partial charge in [-0.2, -0.15) is 10.4 Å². The van der Waals surface area contributed by atoms with Crippen molar-refractivity contribution in [2.75, 3.05) is 5.43 Å². The Morgan fingerprint density at radius 3 is 2.33 bits per heavy atom. The summed E-state index contributed by atoms with van der Waals surface area (Å²) in [6.45, 7) is 1.93. The molecule has 0 aliphatic rings. The molecular weight excluding hydrogens is 286 g/mol. The maximum absolute atomic E-state index is 12.1. The number of aryl methyl sites for hydroxylation is 1. The fraction of sp³-hybridized carbons (Fsp3) is 0.0625. The van der Waals surface area contributed by atoms with Crippen LogP contribution in [0.25, 0.3) is 0 Å². The molecule has 0 atom stereocenters. The number of nitrogens with one attached hydrogen (secondary N) is 1. The Morgan fingerprint density at radius 2 is 1.76 bits per heavy atom. The van der Waals surface area contributed by atoms with E-state index in [0.29, 0.717) is 16.3 Å². The third-order valence-electron chi connectivity index (χ3n) is 2.78. The minimum absolute atomic E-state index is 0.200. The van der Waals surface area contributed by atoms with Gasteiger partial charge in [0.25, 0.3) is 0 Å². The monoisotopic (exact) mass is 297 g/mol. The van der Waals surface area contributed by atoms with Crippen LogP contribution in [0.5, 0.6) is 0 Å². The number of ketones is 1. The lowest BCUT2D eigenvalue weighted by Gasteiger charge is -2.02. The van der Waals surface area contributed by atoms with E-state index < -0.39 is 5.78 Å². The Kier molecular flexibility index (Phi) is 4.70. The number of hydrogen-bond donors (Lipinski definition) is 1. The van der Waals surface area contributed by atoms with Gasteiger partial charge in [-0.15, -0.1) is 0 Å². The summed E-state index contributed by atoms with van der Waals surface area (Å²) in [4.78, 5) is 12.1. The molecule has 2 rings (SSSR count). The number of benzene rings is 2. The van der Waals surface area contributed by atoms with E-state index in [1.54, 1.807) is 36.4 Å². The quantitative estimate of drug-likeness (QED) is 0.530. The first-order valence-electron chi connectivity index (χ1n) is 6.21. The van der Waals surface area contributed by atoms with Crippen molar-refractivity contribution in [2.24, 2.45) is 5.10 Å². The Bertz CT molecular complexity index is 713. The molecule has 0 saturated heterocycles. The topological polar surface area (TPSA) is 65.2 Å². The van der Waals surface area contributed by atoms with Crippen molar-refractivity contribution in [3.63, 3.8) is 0 Å². The molecule has 1 N–H and O–H groups in total. The molecule has 0 bridgehead atoms. The van der Waals surface area contributed by atoms with Crippen LogP contribution in [0.1, 0.15) is 15.9 Å². The van der Waals surface area contributed by atoms with Crippen molar-refractivity contribution in [1.82, 2.24) is 0 Å². The first-order chi connectivity index (χ1) is 10.1. The van der Waals surface area contributed by atoms with Crippen LogP contribution in [-0.4, -0.2) is 11.5 Å². The highest BCUT2D eigenvalue weighted by Crippen LogP contribution is 2.13. The largest absolute Gasteiger partial charge is 0.286 e. The molecule has 0 amide bonds. The van der Waals surface area contributed by atoms with Gasteiger partial charge in [-0.05, 0) is 31.2 Å². The molecule has 0 saturated carbocycles. The van der Waals surface area contributed by atoms with Crippen molar-refractivity contribution in [3.8, 4) is 6.07 Å². The molecule has 21 heavy (non-hydrogen) atoms. The van der Waals surface area contributed by atoms with Gasteiger partial charge in [-0.1, -0.05) is 41.4 Å². The molecule has 104 valence electrons. The highest BCUT2D eigenvalue weighted by molar-refractivity contribution is 6.51. The number of nitriles is 1. The number of Topliss-reactive ketones (excluding diaryl/α,β-unsaturated/α-hetero) is 1. The average molecular weight is 298 g/mol. The summed E-state index contributed by atoms with van der Waals surface area (Å²) in [5.74, 6) is -0.418. The summed E-state index contributed by atoms with van der Waals surface area (Å²) >= 11 is 5.77. The van der Waals surface area contributed by atoms with Gasteiger partial charge in [-0.3, -0.25) is 10.2 Å². The standard InChI is InChI=1S/C16H12ClN3O/c1-11-2-4-12(5-3-11)16(21)15(10-18)20-19-14-8-6-13(17)7-9-14/h2-9,19H,1H3/b20-15+. The zero-order chi connectivity index (χ0) is 15.2. The Labute approximate surface area is 127 Å². The van der Waals surface area contributed by atoms with E-state index in [4.69, 9.17) is 16.9 Å². The second kappa shape index (κ2) is 6.69. The Hall–Kier alpha value is -2.64. The molecule has 0 aliphatic carbocycles. The molecule has 0 spiro atoms. The second-order valence-corrected chi connectivity index (χ2v) is 4.82. The molecule has 2 aromatic carbocycles. The molecule has 2 aromatic rings. The minimum Gasteiger partial charge on any atom is -0.286 e. The average Bonchev–Trinajstić information content (AvgIpc) is 2.50. The van der Waals surface area contributed by atoms with E-state index in [1.807, 2.05) is 25.1 Å². The Morgan fingerprint density at radius 1 is 1.14 bits per heavy atom. The summed E-state index contributed by atoms with van der Waals surface area (Å²) in [5.41, 5.74) is 4.59. The number of carbonyl (C=O) groups is 1. The highest BCUT2D eigenvalue weighted by Gasteiger charge is 2.13. The van der Waals surface area contributed by atoms with Crippen molar-refractivity contribution < 1.29 is 4.79 Å². The van der Waals surface area contributed by atoms with Crippen LogP contribution < -0.4 is 5.43 Å². The van der Waals surface area contributed by atoms with Gasteiger partial charge in [0.1, 0.15) is 6.07 Å². The lowest BCUT2D eigenvalue weighted by Crippen LogP contribution is -2.14. The van der Waals surface area contributed by atoms with Crippen LogP contribution in [-0.2, 0) is 0 Å². The number of nitrogens with zero attached hydrogens (tertiary/aromatic N) is 2. The molecule has 0 aliphatic heterocycles. The van der Waals surface area contributed by atoms with Crippen LogP contribution >= 0.6 is 11.6 Å². The first-order valence-corrected chi connectivity index (χ1v) is 6.58. The van der Waals surface area contributed by atoms with Crippen LogP contribution in [0.3, 0.4) is 0 Å². The number of halogens is 1. The first kappa shape index (κ1) is 14.8. The van der Waals surface area contributed by atoms with Crippen molar-refractivity contribution in [1.29, 1.82) is 5.26 Å². The maximum Gasteiger partial charge on any atom is 0.223 e. The van der Waals surface area contributed by atoms with E-state index in [-0.39, 0.29) is 5.71 Å². The summed E-state index contributed by atoms with van der Waals surface area (Å²) in [7, 11) is 0. The predicted molar refractivity (Wildman–Crippen MR) is 83.6 cm³/mol. The third-order valence-corrected chi connectivity index (χ3v) is 3.03. The fourth-order valence-corrected chi connectivity index (χ4v) is 1.74. The minimum atomic E-state index is -0.418. The van der Waals surface area contributed by atoms with Gasteiger partial charge >= 0.3 is 0 Å². The highest BCUT2D eigenvalue weighted by atomic mass is 35.5. The van der Waals surface area contributed by atoms with Crippen molar-refractivity contribution in [2.45, 2.75) is 6.92 Å². The van der Waals surface area contributed by atoms with E-state index in [2.05, 4.69) is 10.5 Å². The number of rotatable bonds is 4. The van der Waals surface area contributed by atoms with E-state index >= 15 is 0 Å². The molecule has 0 unspecified atom stereocenters. The van der Waals surface area contributed by atoms with Crippen LogP contribution in [0.4, 0.5) is 5.69 Å². The van der Waals surface area contributed by atoms with Gasteiger partial charge in [-0.25, -0.2) is 0 Å². The van der Waals surface area contributed by atoms with Crippen molar-refractivity contribution >= 4 is 28.8 Å². The smallest absolute Gasteiger partial charge is 0.223 e. The lowest BCUT2D eigenvalue weighted by molar-refractivity contribution is 0.106. The molecule has 4 nitrogen and oxygen atoms in total. The summed E-state index contributed by atoms with van der Waals surface area (Å²) in [6.07, 6.45) is 0. The number of hydrazone groups is 1. The third kappa shape index (κ3) is 3.91. The van der Waals surface area contributed by atoms with Gasteiger partial charge < -0.3 is 0 Å². The van der Waals surface area contributed by atoms with Gasteiger partial charge in [0.15, 0.2) is 0 Å². The van der Waals surface area contributed by atoms with Crippen molar-refractivity contribution in [3.05, 3.63) is 64.7 Å². The maximum atomic E-state index is 12.1. The molecule has 0 heterocycles. The van der Waals surface area contributed by atoms with Crippen LogP contribution in [0, 0.1) is 18.3 Å². The van der Waals surface area contributed by atoms with Gasteiger partial charge in [0.05, 0.1) is 5.69 Å². The van der Waals surface area contributed by atoms with E-state index in [9.17, 15) is 4.79 Å². The van der Waals surface area contributed by atoms with E-state index in [1.165, 1.54) is 0 Å². The zero-order valence-electron chi connectivity index (χ0n) is 11.3. The lowest BCUT2D eigenvalue weighted by atomic mass is 10.1. The van der Waals surface area contributed by atoms with Gasteiger partial charge in [0.2, 0.25) is 11.5 Å². The molecular formula is C16H12ClN3O. The number of anilines is 1. The summed E-state index contributed by atoms with van der Waals surface area (Å²) in [5, 5.41) is 13.5. The Balaban J connectivity index is 2.17. The molecule has 0 aromatic heterocycles. The predicted octanol–water partition coefficient (Wildman–Crippen LogP) is 3.82. The van der Waals surface area contributed by atoms with Crippen LogP contribution in [0.2, 0.25) is 5.02 Å². The van der Waals surface area contributed by atoms with Gasteiger partial charge in [0, 0.05) is 10.6 Å². The van der Waals surface area contributed by atoms with Crippen LogP contribution in [0.15, 0.2) is 53.6 Å². The SMILES string of the molecule is Cc1ccc(C(=O)/C(C#N)=N/Nc2ccc(Cl)cc2)cc1. The van der Waals surface area contributed by atoms with E-state index in [0.717, 1.165) is 5.56 Å². The zero-order valence-corrected chi connectivity index (χ0v) is 12.1. The molecule has 0 radical (unpaired) electrons. The molecule has 0 fully saturated rings. The summed E-state index contributed by atoms with van der Waals surface area (Å²) < 4.78 is 0. The number of carbonyl (C=O) groups excluding carboxylic acids is 1. The molecule has 5 heteroatoms. The second-order valence-electron chi connectivity index (χ2n) is 4.39. The normalized spacial score (nSPS) is 10.8. The number of hydrogen-bond acceptors (Lipinski definition) is 4. The fourth-order valence-electron chi connectivity index (χ4n) is 1.61. The summed E-state index contributed by atoms with van der Waals surface area (Å²) in [6, 6.07) is 15.6.